The maximum atomic E-state index is 14.4. The van der Waals surface area contributed by atoms with Gasteiger partial charge in [0, 0.05) is 24.0 Å². The summed E-state index contributed by atoms with van der Waals surface area (Å²) in [7, 11) is -10.5. The number of carbonyl (C=O) groups is 1. The van der Waals surface area contributed by atoms with Crippen LogP contribution in [0.25, 0.3) is 11.3 Å². The minimum Gasteiger partial charge on any atom is -0.482 e. The van der Waals surface area contributed by atoms with E-state index >= 15 is 0 Å². The topological polar surface area (TPSA) is 167 Å². The fourth-order valence-electron chi connectivity index (χ4n) is 3.76. The molecular weight excluding hydrogens is 622 g/mol. The number of alkyl halides is 2. The van der Waals surface area contributed by atoms with Gasteiger partial charge in [0.1, 0.15) is 17.3 Å². The van der Waals surface area contributed by atoms with Gasteiger partial charge in [0.05, 0.1) is 10.5 Å². The predicted molar refractivity (Wildman–Crippen MR) is 144 cm³/mol. The van der Waals surface area contributed by atoms with Crippen molar-refractivity contribution < 1.29 is 50.6 Å². The Morgan fingerprint density at radius 2 is 1.62 bits per heavy atom. The minimum atomic E-state index is -6.11. The van der Waals surface area contributed by atoms with Crippen molar-refractivity contribution in [3.63, 3.8) is 0 Å². The average molecular weight is 644 g/mol. The maximum Gasteiger partial charge on any atom is 0.399 e. The van der Waals surface area contributed by atoms with Crippen LogP contribution >= 0.6 is 19.1 Å². The smallest absolute Gasteiger partial charge is 0.399 e. The zero-order valence-corrected chi connectivity index (χ0v) is 23.7. The van der Waals surface area contributed by atoms with Crippen LogP contribution in [0.3, 0.4) is 0 Å². The number of halogens is 3. The Balaban J connectivity index is 1.70. The van der Waals surface area contributed by atoms with E-state index in [1.807, 2.05) is 0 Å². The van der Waals surface area contributed by atoms with Crippen molar-refractivity contribution in [3.8, 4) is 17.0 Å². The normalized spacial score (nSPS) is 12.4. The molecule has 3 aromatic carbocycles. The van der Waals surface area contributed by atoms with Gasteiger partial charge in [-0.2, -0.15) is 13.1 Å². The Hall–Kier alpha value is -3.66. The van der Waals surface area contributed by atoms with Crippen molar-refractivity contribution >= 4 is 35.1 Å². The molecule has 17 heteroatoms. The SMILES string of the molecule is O=C(O)COc1ccc(S(=O)(=O)N(Cc2ccc(-c3csnn3)cc2)Cc2ccc(F)c(C(F)(F)P(=O)(O)O)c2)cc1. The number of carboxylic acids is 1. The van der Waals surface area contributed by atoms with Gasteiger partial charge in [-0.3, -0.25) is 4.57 Å². The van der Waals surface area contributed by atoms with E-state index in [-0.39, 0.29) is 22.8 Å². The van der Waals surface area contributed by atoms with Crippen LogP contribution in [0.2, 0.25) is 0 Å². The van der Waals surface area contributed by atoms with Gasteiger partial charge >= 0.3 is 19.2 Å². The Kier molecular flexibility index (Phi) is 9.15. The molecule has 0 aliphatic rings. The largest absolute Gasteiger partial charge is 0.482 e. The predicted octanol–water partition coefficient (Wildman–Crippen LogP) is 4.43. The molecule has 0 saturated heterocycles. The second-order valence-electron chi connectivity index (χ2n) is 8.81. The molecule has 0 aliphatic carbocycles. The van der Waals surface area contributed by atoms with Gasteiger partial charge in [0.25, 0.3) is 0 Å². The third-order valence-electron chi connectivity index (χ3n) is 5.87. The van der Waals surface area contributed by atoms with E-state index in [0.717, 1.165) is 34.0 Å². The van der Waals surface area contributed by atoms with Crippen LogP contribution in [-0.4, -0.2) is 49.8 Å². The molecule has 1 heterocycles. The average Bonchev–Trinajstić information content (AvgIpc) is 3.47. The lowest BCUT2D eigenvalue weighted by Gasteiger charge is -2.24. The van der Waals surface area contributed by atoms with Crippen LogP contribution in [0.4, 0.5) is 13.2 Å². The highest BCUT2D eigenvalue weighted by atomic mass is 32.2. The van der Waals surface area contributed by atoms with E-state index < -0.39 is 53.8 Å². The monoisotopic (exact) mass is 643 g/mol. The Morgan fingerprint density at radius 3 is 2.19 bits per heavy atom. The number of aromatic nitrogens is 2. The van der Waals surface area contributed by atoms with E-state index in [9.17, 15) is 30.9 Å². The van der Waals surface area contributed by atoms with Gasteiger partial charge in [0.2, 0.25) is 10.0 Å². The first-order chi connectivity index (χ1) is 19.7. The van der Waals surface area contributed by atoms with Crippen LogP contribution in [0, 0.1) is 5.82 Å². The maximum absolute atomic E-state index is 14.4. The molecule has 0 bridgehead atoms. The zero-order valence-electron chi connectivity index (χ0n) is 21.2. The fourth-order valence-corrected chi connectivity index (χ4v) is 6.13. The van der Waals surface area contributed by atoms with Gasteiger partial charge in [-0.1, -0.05) is 34.8 Å². The van der Waals surface area contributed by atoms with Crippen molar-refractivity contribution in [3.05, 3.63) is 94.6 Å². The van der Waals surface area contributed by atoms with Crippen molar-refractivity contribution in [1.29, 1.82) is 0 Å². The summed E-state index contributed by atoms with van der Waals surface area (Å²) in [6.45, 7) is -1.52. The number of hydrogen-bond acceptors (Lipinski definition) is 8. The quantitative estimate of drug-likeness (QED) is 0.188. The second kappa shape index (κ2) is 12.3. The summed E-state index contributed by atoms with van der Waals surface area (Å²) in [5.74, 6) is -2.73. The van der Waals surface area contributed by atoms with Crippen LogP contribution in [0.5, 0.6) is 5.75 Å². The summed E-state index contributed by atoms with van der Waals surface area (Å²) in [6, 6.07) is 13.5. The van der Waals surface area contributed by atoms with E-state index in [1.54, 1.807) is 29.6 Å². The van der Waals surface area contributed by atoms with E-state index in [2.05, 4.69) is 9.59 Å². The Bertz CT molecular complexity index is 1720. The molecule has 0 amide bonds. The first-order valence-electron chi connectivity index (χ1n) is 11.7. The molecule has 1 aromatic heterocycles. The molecule has 0 atom stereocenters. The van der Waals surface area contributed by atoms with Crippen LogP contribution in [-0.2, 0) is 38.1 Å². The third kappa shape index (κ3) is 7.03. The lowest BCUT2D eigenvalue weighted by Crippen LogP contribution is -2.30. The summed E-state index contributed by atoms with van der Waals surface area (Å²) < 4.78 is 91.6. The first-order valence-corrected chi connectivity index (χ1v) is 15.6. The van der Waals surface area contributed by atoms with Gasteiger partial charge in [-0.25, -0.2) is 17.6 Å². The molecule has 4 rings (SSSR count). The molecule has 11 nitrogen and oxygen atoms in total. The van der Waals surface area contributed by atoms with E-state index in [4.69, 9.17) is 19.6 Å². The number of hydrogen-bond donors (Lipinski definition) is 3. The summed E-state index contributed by atoms with van der Waals surface area (Å²) in [5.41, 5.74) is -4.81. The fraction of sp³-hybridized carbons (Fsp3) is 0.160. The minimum absolute atomic E-state index is 0.0814. The summed E-state index contributed by atoms with van der Waals surface area (Å²) in [5, 5.41) is 14.5. The number of rotatable bonds is 12. The highest BCUT2D eigenvalue weighted by Gasteiger charge is 2.52. The summed E-state index contributed by atoms with van der Waals surface area (Å²) in [6.07, 6.45) is 0. The second-order valence-corrected chi connectivity index (χ2v) is 13.0. The van der Waals surface area contributed by atoms with Gasteiger partial charge in [-0.05, 0) is 59.1 Å². The molecule has 0 spiro atoms. The highest BCUT2D eigenvalue weighted by molar-refractivity contribution is 7.89. The third-order valence-corrected chi connectivity index (χ3v) is 9.16. The molecule has 0 aliphatic heterocycles. The highest BCUT2D eigenvalue weighted by Crippen LogP contribution is 2.59. The number of benzene rings is 3. The van der Waals surface area contributed by atoms with Crippen molar-refractivity contribution in [2.45, 2.75) is 23.6 Å². The molecule has 42 heavy (non-hydrogen) atoms. The molecule has 4 aromatic rings. The van der Waals surface area contributed by atoms with Crippen LogP contribution in [0.1, 0.15) is 16.7 Å². The Labute approximate surface area is 241 Å². The number of nitrogens with zero attached hydrogens (tertiary/aromatic N) is 3. The van der Waals surface area contributed by atoms with Gasteiger partial charge in [-0.15, -0.1) is 5.10 Å². The number of aliphatic carboxylic acids is 1. The molecule has 0 saturated carbocycles. The van der Waals surface area contributed by atoms with E-state index in [0.29, 0.717) is 29.0 Å². The number of carboxylic acid groups (broad SMARTS) is 1. The molecule has 222 valence electrons. The van der Waals surface area contributed by atoms with Crippen molar-refractivity contribution in [2.75, 3.05) is 6.61 Å². The standard InChI is InChI=1S/C25H21F3N3O8PS2/c26-22-10-3-17(11-21(22)25(27,28)40(34,35)36)13-31(12-16-1-4-18(5-2-16)23-15-41-30-29-23)42(37,38)20-8-6-19(7-9-20)39-14-24(32)33/h1-11,15H,12-14H2,(H,32,33)(H2,34,35,36). The molecule has 0 unspecified atom stereocenters. The molecular formula is C25H21F3N3O8PS2. The zero-order chi connectivity index (χ0) is 30.7. The van der Waals surface area contributed by atoms with Crippen molar-refractivity contribution in [2.24, 2.45) is 0 Å². The summed E-state index contributed by atoms with van der Waals surface area (Å²) in [4.78, 5) is 28.7. The molecule has 3 N–H and O–H groups in total. The van der Waals surface area contributed by atoms with Crippen LogP contribution < -0.4 is 4.74 Å². The molecule has 0 radical (unpaired) electrons. The number of sulfonamides is 1. The lowest BCUT2D eigenvalue weighted by atomic mass is 10.1. The van der Waals surface area contributed by atoms with Gasteiger partial charge < -0.3 is 19.6 Å². The number of ether oxygens (including phenoxy) is 1. The van der Waals surface area contributed by atoms with E-state index in [1.165, 1.54) is 12.1 Å². The summed E-state index contributed by atoms with van der Waals surface area (Å²) >= 11 is 1.15. The molecule has 0 fully saturated rings. The lowest BCUT2D eigenvalue weighted by molar-refractivity contribution is -0.139. The van der Waals surface area contributed by atoms with Crippen molar-refractivity contribution in [1.82, 2.24) is 13.9 Å². The first kappa shape index (κ1) is 31.3. The van der Waals surface area contributed by atoms with Crippen LogP contribution in [0.15, 0.2) is 77.0 Å². The Morgan fingerprint density at radius 1 is 1.00 bits per heavy atom. The van der Waals surface area contributed by atoms with Gasteiger partial charge in [0.15, 0.2) is 6.61 Å².